The van der Waals surface area contributed by atoms with E-state index in [0.29, 0.717) is 6.42 Å². The molecule has 3 heterocycles. The summed E-state index contributed by atoms with van der Waals surface area (Å²) in [6, 6.07) is 8.21. The van der Waals surface area contributed by atoms with E-state index in [1.807, 2.05) is 24.5 Å². The number of rotatable bonds is 3. The van der Waals surface area contributed by atoms with Crippen LogP contribution in [-0.2, 0) is 11.3 Å². The molecule has 1 aromatic heterocycles. The van der Waals surface area contributed by atoms with Gasteiger partial charge in [0.25, 0.3) is 0 Å². The predicted molar refractivity (Wildman–Crippen MR) is 107 cm³/mol. The van der Waals surface area contributed by atoms with Crippen molar-refractivity contribution in [3.63, 3.8) is 0 Å². The maximum Gasteiger partial charge on any atom is 0.159 e. The van der Waals surface area contributed by atoms with Gasteiger partial charge in [-0.3, -0.25) is 4.90 Å². The van der Waals surface area contributed by atoms with E-state index in [1.54, 1.807) is 6.92 Å². The van der Waals surface area contributed by atoms with Crippen LogP contribution in [0.4, 0.5) is 0 Å². The van der Waals surface area contributed by atoms with E-state index < -0.39 is 11.7 Å². The Morgan fingerprint density at radius 2 is 1.93 bits per heavy atom. The maximum absolute atomic E-state index is 10.4. The van der Waals surface area contributed by atoms with Gasteiger partial charge in [0, 0.05) is 49.6 Å². The summed E-state index contributed by atoms with van der Waals surface area (Å²) in [6.45, 7) is 6.58. The van der Waals surface area contributed by atoms with Gasteiger partial charge in [0.1, 0.15) is 6.10 Å². The van der Waals surface area contributed by atoms with E-state index in [1.165, 1.54) is 5.56 Å². The van der Waals surface area contributed by atoms with Crippen LogP contribution < -0.4 is 0 Å². The van der Waals surface area contributed by atoms with Crippen LogP contribution in [0.25, 0.3) is 11.4 Å². The van der Waals surface area contributed by atoms with Crippen LogP contribution >= 0.6 is 0 Å². The lowest BCUT2D eigenvalue weighted by Gasteiger charge is -2.49. The fraction of sp³-hybridized carbons (Fsp3) is 0.545. The highest BCUT2D eigenvalue weighted by molar-refractivity contribution is 5.55. The van der Waals surface area contributed by atoms with Gasteiger partial charge in [0.15, 0.2) is 5.82 Å². The van der Waals surface area contributed by atoms with Crippen LogP contribution in [0.1, 0.15) is 37.3 Å². The highest BCUT2D eigenvalue weighted by Crippen LogP contribution is 2.39. The molecule has 2 aromatic rings. The number of aliphatic hydroxyl groups is 2. The van der Waals surface area contributed by atoms with Gasteiger partial charge >= 0.3 is 0 Å². The summed E-state index contributed by atoms with van der Waals surface area (Å²) in [5, 5.41) is 20.4. The Bertz CT molecular complexity index is 814. The zero-order valence-corrected chi connectivity index (χ0v) is 16.6. The molecule has 4 rings (SSSR count). The van der Waals surface area contributed by atoms with E-state index in [4.69, 9.17) is 4.74 Å². The van der Waals surface area contributed by atoms with Crippen molar-refractivity contribution in [1.82, 2.24) is 14.9 Å². The molecule has 28 heavy (non-hydrogen) atoms. The topological polar surface area (TPSA) is 78.7 Å². The third kappa shape index (κ3) is 4.10. The van der Waals surface area contributed by atoms with Gasteiger partial charge in [-0.2, -0.15) is 0 Å². The average molecular weight is 383 g/mol. The largest absolute Gasteiger partial charge is 0.388 e. The summed E-state index contributed by atoms with van der Waals surface area (Å²) >= 11 is 0. The molecule has 2 aliphatic rings. The summed E-state index contributed by atoms with van der Waals surface area (Å²) in [4.78, 5) is 11.5. The Hall–Kier alpha value is -1.86. The van der Waals surface area contributed by atoms with Gasteiger partial charge in [-0.05, 0) is 32.8 Å². The molecule has 1 spiro atoms. The van der Waals surface area contributed by atoms with E-state index in [2.05, 4.69) is 33.9 Å². The van der Waals surface area contributed by atoms with Gasteiger partial charge in [-0.25, -0.2) is 9.97 Å². The van der Waals surface area contributed by atoms with Crippen molar-refractivity contribution >= 4 is 0 Å². The van der Waals surface area contributed by atoms with E-state index in [0.717, 1.165) is 49.4 Å². The van der Waals surface area contributed by atoms with Crippen molar-refractivity contribution in [2.24, 2.45) is 0 Å². The second-order valence-electron chi connectivity index (χ2n) is 8.60. The highest BCUT2D eigenvalue weighted by Gasteiger charge is 2.48. The fourth-order valence-electron chi connectivity index (χ4n) is 4.32. The number of hydrogen-bond acceptors (Lipinski definition) is 6. The lowest BCUT2D eigenvalue weighted by molar-refractivity contribution is -0.223. The van der Waals surface area contributed by atoms with E-state index >= 15 is 0 Å². The second kappa shape index (κ2) is 7.52. The number of aliphatic hydroxyl groups excluding tert-OH is 1. The Labute approximate surface area is 166 Å². The quantitative estimate of drug-likeness (QED) is 0.847. The van der Waals surface area contributed by atoms with Gasteiger partial charge in [-0.15, -0.1) is 0 Å². The minimum absolute atomic E-state index is 0.210. The first-order chi connectivity index (χ1) is 13.4. The van der Waals surface area contributed by atoms with Crippen LogP contribution in [0.3, 0.4) is 0 Å². The number of nitrogens with zero attached hydrogens (tertiary/aromatic N) is 3. The number of piperidine rings is 1. The molecule has 2 N–H and O–H groups in total. The summed E-state index contributed by atoms with van der Waals surface area (Å²) in [6.07, 6.45) is 5.22. The van der Waals surface area contributed by atoms with Crippen LogP contribution in [0.15, 0.2) is 36.7 Å². The first-order valence-corrected chi connectivity index (χ1v) is 10.0. The Balaban J connectivity index is 1.35. The number of hydrogen-bond donors (Lipinski definition) is 2. The molecule has 0 radical (unpaired) electrons. The van der Waals surface area contributed by atoms with Crippen LogP contribution in [0, 0.1) is 6.92 Å². The summed E-state index contributed by atoms with van der Waals surface area (Å²) in [5.41, 5.74) is 1.95. The molecule has 0 unspecified atom stereocenters. The molecule has 0 saturated carbocycles. The van der Waals surface area contributed by atoms with Gasteiger partial charge in [0.05, 0.1) is 17.8 Å². The van der Waals surface area contributed by atoms with Crippen molar-refractivity contribution in [3.05, 3.63) is 47.8 Å². The molecular formula is C22H29N3O3. The summed E-state index contributed by atoms with van der Waals surface area (Å²) in [7, 11) is 0. The second-order valence-corrected chi connectivity index (χ2v) is 8.60. The third-order valence-electron chi connectivity index (χ3n) is 6.10. The molecule has 0 amide bonds. The molecule has 2 saturated heterocycles. The van der Waals surface area contributed by atoms with Gasteiger partial charge in [0.2, 0.25) is 0 Å². The van der Waals surface area contributed by atoms with Crippen molar-refractivity contribution in [2.45, 2.75) is 57.0 Å². The standard InChI is InChI=1S/C22H29N3O3/c1-16-4-3-5-18(10-16)20-23-11-17(12-24-20)13-25-8-6-22(7-9-25)15-21(2,27)19(26)14-28-22/h3-5,10-12,19,26-27H,6-9,13-15H2,1-2H3/t19-,21-/m0/s1. The maximum atomic E-state index is 10.4. The van der Waals surface area contributed by atoms with Crippen molar-refractivity contribution in [1.29, 1.82) is 0 Å². The average Bonchev–Trinajstić information content (AvgIpc) is 2.67. The Morgan fingerprint density at radius 1 is 1.21 bits per heavy atom. The van der Waals surface area contributed by atoms with Crippen LogP contribution in [-0.4, -0.2) is 62.1 Å². The molecule has 6 heteroatoms. The van der Waals surface area contributed by atoms with Crippen molar-refractivity contribution in [3.8, 4) is 11.4 Å². The number of likely N-dealkylation sites (tertiary alicyclic amines) is 1. The monoisotopic (exact) mass is 383 g/mol. The smallest absolute Gasteiger partial charge is 0.159 e. The highest BCUT2D eigenvalue weighted by atomic mass is 16.5. The zero-order chi connectivity index (χ0) is 19.8. The first-order valence-electron chi connectivity index (χ1n) is 10.0. The number of ether oxygens (including phenoxy) is 1. The molecule has 2 fully saturated rings. The molecule has 150 valence electrons. The van der Waals surface area contributed by atoms with Crippen molar-refractivity contribution in [2.75, 3.05) is 19.7 Å². The SMILES string of the molecule is Cc1cccc(-c2ncc(CN3CCC4(CC3)C[C@](C)(O)[C@@H](O)CO4)cn2)c1. The molecule has 0 bridgehead atoms. The van der Waals surface area contributed by atoms with Crippen LogP contribution in [0.2, 0.25) is 0 Å². The zero-order valence-electron chi connectivity index (χ0n) is 16.6. The predicted octanol–water partition coefficient (Wildman–Crippen LogP) is 2.32. The van der Waals surface area contributed by atoms with Crippen LogP contribution in [0.5, 0.6) is 0 Å². The molecule has 2 aliphatic heterocycles. The minimum atomic E-state index is -1.07. The normalized spacial score (nSPS) is 27.8. The van der Waals surface area contributed by atoms with Crippen molar-refractivity contribution < 1.29 is 14.9 Å². The fourth-order valence-corrected chi connectivity index (χ4v) is 4.32. The Kier molecular flexibility index (Phi) is 5.22. The van der Waals surface area contributed by atoms with Gasteiger partial charge in [-0.1, -0.05) is 23.8 Å². The molecule has 1 aromatic carbocycles. The number of benzene rings is 1. The Morgan fingerprint density at radius 3 is 2.57 bits per heavy atom. The lowest BCUT2D eigenvalue weighted by Crippen LogP contribution is -2.59. The summed E-state index contributed by atoms with van der Waals surface area (Å²) in [5.74, 6) is 0.751. The minimum Gasteiger partial charge on any atom is -0.388 e. The molecule has 2 atom stereocenters. The first kappa shape index (κ1) is 19.5. The molecule has 0 aliphatic carbocycles. The lowest BCUT2D eigenvalue weighted by atomic mass is 9.76. The third-order valence-corrected chi connectivity index (χ3v) is 6.10. The van der Waals surface area contributed by atoms with Gasteiger partial charge < -0.3 is 14.9 Å². The van der Waals surface area contributed by atoms with E-state index in [-0.39, 0.29) is 12.2 Å². The number of aromatic nitrogens is 2. The number of aryl methyl sites for hydroxylation is 1. The van der Waals surface area contributed by atoms with E-state index in [9.17, 15) is 10.2 Å². The summed E-state index contributed by atoms with van der Waals surface area (Å²) < 4.78 is 5.97. The molecular weight excluding hydrogens is 354 g/mol. The molecule has 6 nitrogen and oxygen atoms in total.